The summed E-state index contributed by atoms with van der Waals surface area (Å²) in [5.41, 5.74) is 5.68. The zero-order valence-corrected chi connectivity index (χ0v) is 21.2. The fourth-order valence-corrected chi connectivity index (χ4v) is 4.03. The van der Waals surface area contributed by atoms with Crippen LogP contribution in [0.4, 0.5) is 0 Å². The zero-order chi connectivity index (χ0) is 22.8. The van der Waals surface area contributed by atoms with Crippen molar-refractivity contribution in [2.75, 3.05) is 13.1 Å². The Balaban J connectivity index is 3.49. The van der Waals surface area contributed by atoms with E-state index in [2.05, 4.69) is 19.2 Å². The van der Waals surface area contributed by atoms with Crippen molar-refractivity contribution < 1.29 is 9.53 Å². The van der Waals surface area contributed by atoms with Gasteiger partial charge in [0.1, 0.15) is 0 Å². The van der Waals surface area contributed by atoms with E-state index in [4.69, 9.17) is 10.5 Å². The van der Waals surface area contributed by atoms with Crippen molar-refractivity contribution >= 4 is 5.97 Å². The number of hydrogen-bond donors (Lipinski definition) is 2. The number of hydrogen-bond acceptors (Lipinski definition) is 4. The normalized spacial score (nSPS) is 12.2. The first-order valence-corrected chi connectivity index (χ1v) is 13.9. The summed E-state index contributed by atoms with van der Waals surface area (Å²) < 4.78 is 5.59. The van der Waals surface area contributed by atoms with Crippen LogP contribution in [0.1, 0.15) is 149 Å². The molecule has 0 rings (SSSR count). The summed E-state index contributed by atoms with van der Waals surface area (Å²) in [7, 11) is 0. The van der Waals surface area contributed by atoms with Gasteiger partial charge in [0, 0.05) is 12.8 Å². The maximum absolute atomic E-state index is 12.0. The molecule has 0 aromatic rings. The third-order valence-corrected chi connectivity index (χ3v) is 6.09. The Morgan fingerprint density at radius 3 is 1.55 bits per heavy atom. The average molecular weight is 441 g/mol. The molecule has 0 amide bonds. The molecule has 0 aliphatic heterocycles. The van der Waals surface area contributed by atoms with Crippen LogP contribution in [0.5, 0.6) is 0 Å². The van der Waals surface area contributed by atoms with Crippen LogP contribution in [0.25, 0.3) is 0 Å². The van der Waals surface area contributed by atoms with Crippen LogP contribution >= 0.6 is 0 Å². The molecule has 4 heteroatoms. The van der Waals surface area contributed by atoms with Crippen LogP contribution < -0.4 is 11.1 Å². The van der Waals surface area contributed by atoms with Crippen LogP contribution in [0, 0.1) is 0 Å². The van der Waals surface area contributed by atoms with Crippen molar-refractivity contribution in [2.24, 2.45) is 5.73 Å². The highest BCUT2D eigenvalue weighted by Crippen LogP contribution is 2.13. The van der Waals surface area contributed by atoms with Gasteiger partial charge in [-0.3, -0.25) is 10.1 Å². The van der Waals surface area contributed by atoms with E-state index < -0.39 is 0 Å². The van der Waals surface area contributed by atoms with Crippen LogP contribution in [0.2, 0.25) is 0 Å². The van der Waals surface area contributed by atoms with E-state index in [1.165, 1.54) is 103 Å². The van der Waals surface area contributed by atoms with Crippen molar-refractivity contribution in [3.63, 3.8) is 0 Å². The first-order chi connectivity index (χ1) is 15.2. The third kappa shape index (κ3) is 23.9. The van der Waals surface area contributed by atoms with Crippen LogP contribution in [0.3, 0.4) is 0 Å². The summed E-state index contributed by atoms with van der Waals surface area (Å²) in [5.74, 6) is -0.0802. The van der Waals surface area contributed by atoms with Gasteiger partial charge in [0.2, 0.25) is 0 Å². The predicted octanol–water partition coefficient (Wildman–Crippen LogP) is 7.64. The van der Waals surface area contributed by atoms with E-state index >= 15 is 0 Å². The molecule has 31 heavy (non-hydrogen) atoms. The van der Waals surface area contributed by atoms with Crippen molar-refractivity contribution in [1.82, 2.24) is 5.32 Å². The van der Waals surface area contributed by atoms with Gasteiger partial charge in [-0.2, -0.15) is 0 Å². The number of rotatable bonds is 25. The molecule has 0 saturated carbocycles. The molecule has 186 valence electrons. The highest BCUT2D eigenvalue weighted by atomic mass is 16.6. The van der Waals surface area contributed by atoms with Gasteiger partial charge in [-0.25, -0.2) is 0 Å². The van der Waals surface area contributed by atoms with Crippen LogP contribution in [-0.4, -0.2) is 25.3 Å². The lowest BCUT2D eigenvalue weighted by Gasteiger charge is -2.18. The number of esters is 1. The Hall–Kier alpha value is -0.610. The molecule has 0 aromatic heterocycles. The van der Waals surface area contributed by atoms with Gasteiger partial charge >= 0.3 is 5.97 Å². The summed E-state index contributed by atoms with van der Waals surface area (Å²) in [4.78, 5) is 12.0. The maximum atomic E-state index is 12.0. The fourth-order valence-electron chi connectivity index (χ4n) is 4.03. The fraction of sp³-hybridized carbons (Fsp3) is 0.963. The Morgan fingerprint density at radius 2 is 1.10 bits per heavy atom. The molecule has 0 radical (unpaired) electrons. The van der Waals surface area contributed by atoms with E-state index in [-0.39, 0.29) is 12.2 Å². The van der Waals surface area contributed by atoms with E-state index in [1.807, 2.05) is 0 Å². The van der Waals surface area contributed by atoms with Crippen molar-refractivity contribution in [3.05, 3.63) is 0 Å². The Morgan fingerprint density at radius 1 is 0.677 bits per heavy atom. The van der Waals surface area contributed by atoms with Crippen LogP contribution in [-0.2, 0) is 9.53 Å². The molecule has 0 saturated heterocycles. The summed E-state index contributed by atoms with van der Waals surface area (Å²) in [6.07, 6.45) is 26.0. The average Bonchev–Trinajstić information content (AvgIpc) is 2.76. The highest BCUT2D eigenvalue weighted by molar-refractivity contribution is 5.69. The molecule has 0 bridgehead atoms. The first kappa shape index (κ1) is 30.4. The quantitative estimate of drug-likeness (QED) is 0.0869. The Labute approximate surface area is 194 Å². The largest absolute Gasteiger partial charge is 0.447 e. The van der Waals surface area contributed by atoms with Gasteiger partial charge in [-0.1, -0.05) is 123 Å². The predicted molar refractivity (Wildman–Crippen MR) is 135 cm³/mol. The van der Waals surface area contributed by atoms with Crippen LogP contribution in [0.15, 0.2) is 0 Å². The smallest absolute Gasteiger partial charge is 0.307 e. The number of ether oxygens (including phenoxy) is 1. The minimum atomic E-state index is -0.213. The van der Waals surface area contributed by atoms with Crippen molar-refractivity contribution in [3.8, 4) is 0 Å². The second kappa shape index (κ2) is 25.6. The summed E-state index contributed by atoms with van der Waals surface area (Å²) in [6.45, 7) is 5.94. The molecule has 0 fully saturated rings. The number of carbonyl (C=O) groups excluding carboxylic acids is 1. The van der Waals surface area contributed by atoms with E-state index in [9.17, 15) is 4.79 Å². The molecule has 0 aromatic carbocycles. The zero-order valence-electron chi connectivity index (χ0n) is 21.2. The molecule has 0 aliphatic rings. The number of unbranched alkanes of at least 4 members (excludes halogenated alkanes) is 17. The first-order valence-electron chi connectivity index (χ1n) is 13.9. The number of nitrogens with two attached hydrogens (primary N) is 1. The maximum Gasteiger partial charge on any atom is 0.307 e. The van der Waals surface area contributed by atoms with E-state index in [1.54, 1.807) is 0 Å². The van der Waals surface area contributed by atoms with Gasteiger partial charge in [0.05, 0.1) is 0 Å². The Bertz CT molecular complexity index is 363. The highest BCUT2D eigenvalue weighted by Gasteiger charge is 2.12. The van der Waals surface area contributed by atoms with Gasteiger partial charge in [-0.05, 0) is 25.9 Å². The second-order valence-corrected chi connectivity index (χ2v) is 9.27. The molecule has 1 unspecified atom stereocenters. The van der Waals surface area contributed by atoms with E-state index in [0.29, 0.717) is 19.4 Å². The molecule has 0 aliphatic carbocycles. The Kier molecular flexibility index (Phi) is 25.1. The lowest BCUT2D eigenvalue weighted by atomic mass is 10.0. The summed E-state index contributed by atoms with van der Waals surface area (Å²) in [6, 6.07) is 0. The molecule has 3 N–H and O–H groups in total. The topological polar surface area (TPSA) is 64.3 Å². The molecule has 0 heterocycles. The molecular weight excluding hydrogens is 384 g/mol. The molecule has 0 spiro atoms. The summed E-state index contributed by atoms with van der Waals surface area (Å²) in [5, 5.41) is 3.38. The second-order valence-electron chi connectivity index (χ2n) is 9.27. The lowest BCUT2D eigenvalue weighted by Crippen LogP contribution is -2.36. The van der Waals surface area contributed by atoms with Gasteiger partial charge < -0.3 is 10.5 Å². The number of nitrogens with one attached hydrogen (secondary N) is 1. The minimum Gasteiger partial charge on any atom is -0.447 e. The molecule has 1 atom stereocenters. The van der Waals surface area contributed by atoms with E-state index in [0.717, 1.165) is 25.8 Å². The monoisotopic (exact) mass is 440 g/mol. The van der Waals surface area contributed by atoms with Gasteiger partial charge in [0.25, 0.3) is 0 Å². The SMILES string of the molecule is CCCCCCCCCCCCCCCCNC(CCN)OC(=O)CCCCCCC. The third-order valence-electron chi connectivity index (χ3n) is 6.09. The van der Waals surface area contributed by atoms with Crippen molar-refractivity contribution in [1.29, 1.82) is 0 Å². The summed E-state index contributed by atoms with van der Waals surface area (Å²) >= 11 is 0. The minimum absolute atomic E-state index is 0.0802. The van der Waals surface area contributed by atoms with Gasteiger partial charge in [0.15, 0.2) is 6.23 Å². The lowest BCUT2D eigenvalue weighted by molar-refractivity contribution is -0.151. The molecular formula is C27H56N2O2. The standard InChI is InChI=1S/C27H56N2O2/c1-3-5-7-9-10-11-12-13-14-15-16-17-19-21-25-29-26(23-24-28)31-27(30)22-20-18-8-6-4-2/h26,29H,3-25,28H2,1-2H3. The molecule has 4 nitrogen and oxygen atoms in total. The number of carbonyl (C=O) groups is 1. The van der Waals surface area contributed by atoms with Crippen molar-refractivity contribution in [2.45, 2.75) is 155 Å². The van der Waals surface area contributed by atoms with Gasteiger partial charge in [-0.15, -0.1) is 0 Å².